The quantitative estimate of drug-likeness (QED) is 0.909. The van der Waals surface area contributed by atoms with Crippen molar-refractivity contribution in [2.75, 3.05) is 13.1 Å². The fraction of sp³-hybridized carbons (Fsp3) is 0.833. The normalized spacial score (nSPS) is 21.7. The lowest BCUT2D eigenvalue weighted by Crippen LogP contribution is -2.48. The molecule has 0 aromatic carbocycles. The van der Waals surface area contributed by atoms with Crippen LogP contribution in [-0.2, 0) is 0 Å². The Morgan fingerprint density at radius 3 is 2.62 bits per heavy atom. The average Bonchev–Trinajstić information content (AvgIpc) is 3.12. The minimum atomic E-state index is 0.103. The zero-order valence-corrected chi connectivity index (χ0v) is 15.0. The maximum Gasteiger partial charge on any atom is 0.317 e. The minimum Gasteiger partial charge on any atom is -0.339 e. The molecule has 2 amide bonds. The molecule has 0 radical (unpaired) electrons. The summed E-state index contributed by atoms with van der Waals surface area (Å²) in [5.74, 6) is 2.18. The van der Waals surface area contributed by atoms with Crippen LogP contribution in [0.15, 0.2) is 4.52 Å². The van der Waals surface area contributed by atoms with Gasteiger partial charge in [-0.3, -0.25) is 0 Å². The van der Waals surface area contributed by atoms with Gasteiger partial charge in [-0.15, -0.1) is 0 Å². The Kier molecular flexibility index (Phi) is 5.74. The topological polar surface area (TPSA) is 71.3 Å². The summed E-state index contributed by atoms with van der Waals surface area (Å²) >= 11 is 0. The number of likely N-dealkylation sites (tertiary alicyclic amines) is 1. The number of carbonyl (C=O) groups excluding carboxylic acids is 1. The van der Waals surface area contributed by atoms with E-state index >= 15 is 0 Å². The highest BCUT2D eigenvalue weighted by molar-refractivity contribution is 5.74. The third-order valence-electron chi connectivity index (χ3n) is 5.57. The molecule has 1 aromatic heterocycles. The van der Waals surface area contributed by atoms with Gasteiger partial charge in [0.25, 0.3) is 0 Å². The summed E-state index contributed by atoms with van der Waals surface area (Å²) in [6, 6.07) is 0.476. The zero-order chi connectivity index (χ0) is 16.9. The standard InChI is InChI=1S/C18H30N4O2/c1-3-13(2)16-20-17(24-21-16)14-9-11-22(12-10-14)18(23)19-15-7-5-4-6-8-15/h13-15H,3-12H2,1-2H3,(H,19,23)/t13-/m0/s1. The molecule has 1 atom stereocenters. The number of piperidine rings is 1. The molecule has 1 saturated carbocycles. The van der Waals surface area contributed by atoms with Gasteiger partial charge in [-0.05, 0) is 32.1 Å². The first-order valence-electron chi connectivity index (χ1n) is 9.56. The number of rotatable bonds is 4. The van der Waals surface area contributed by atoms with Gasteiger partial charge in [0.2, 0.25) is 5.89 Å². The van der Waals surface area contributed by atoms with Crippen molar-refractivity contribution < 1.29 is 9.32 Å². The SMILES string of the molecule is CC[C@H](C)c1noc(C2CCN(C(=O)NC3CCCCC3)CC2)n1. The van der Waals surface area contributed by atoms with Crippen molar-refractivity contribution in [2.45, 2.75) is 83.1 Å². The summed E-state index contributed by atoms with van der Waals surface area (Å²) in [5.41, 5.74) is 0. The second-order valence-corrected chi connectivity index (χ2v) is 7.35. The van der Waals surface area contributed by atoms with Gasteiger partial charge in [0.15, 0.2) is 5.82 Å². The molecule has 2 heterocycles. The molecule has 1 aliphatic carbocycles. The van der Waals surface area contributed by atoms with E-state index in [1.54, 1.807) is 0 Å². The van der Waals surface area contributed by atoms with Gasteiger partial charge >= 0.3 is 6.03 Å². The first kappa shape index (κ1) is 17.2. The Morgan fingerprint density at radius 1 is 1.25 bits per heavy atom. The van der Waals surface area contributed by atoms with Crippen molar-refractivity contribution >= 4 is 6.03 Å². The van der Waals surface area contributed by atoms with Crippen molar-refractivity contribution in [1.82, 2.24) is 20.4 Å². The number of hydrogen-bond acceptors (Lipinski definition) is 4. The highest BCUT2D eigenvalue weighted by atomic mass is 16.5. The maximum absolute atomic E-state index is 12.4. The van der Waals surface area contributed by atoms with Gasteiger partial charge in [-0.1, -0.05) is 38.3 Å². The molecule has 2 fully saturated rings. The predicted octanol–water partition coefficient (Wildman–Crippen LogP) is 3.80. The van der Waals surface area contributed by atoms with Crippen LogP contribution in [0.5, 0.6) is 0 Å². The van der Waals surface area contributed by atoms with Gasteiger partial charge < -0.3 is 14.7 Å². The van der Waals surface area contributed by atoms with Crippen LogP contribution in [0.1, 0.15) is 88.8 Å². The summed E-state index contributed by atoms with van der Waals surface area (Å²) in [5, 5.41) is 7.32. The lowest BCUT2D eigenvalue weighted by atomic mass is 9.95. The zero-order valence-electron chi connectivity index (χ0n) is 15.0. The van der Waals surface area contributed by atoms with Gasteiger partial charge in [0, 0.05) is 31.0 Å². The van der Waals surface area contributed by atoms with E-state index in [0.29, 0.717) is 12.0 Å². The molecule has 1 aliphatic heterocycles. The van der Waals surface area contributed by atoms with Crippen LogP contribution in [0.4, 0.5) is 4.79 Å². The molecule has 3 rings (SSSR count). The molecule has 1 aromatic rings. The van der Waals surface area contributed by atoms with E-state index in [4.69, 9.17) is 4.52 Å². The van der Waals surface area contributed by atoms with Crippen molar-refractivity contribution in [3.05, 3.63) is 11.7 Å². The number of hydrogen-bond donors (Lipinski definition) is 1. The monoisotopic (exact) mass is 334 g/mol. The lowest BCUT2D eigenvalue weighted by Gasteiger charge is -2.32. The van der Waals surface area contributed by atoms with Crippen molar-refractivity contribution in [2.24, 2.45) is 0 Å². The Balaban J connectivity index is 1.48. The fourth-order valence-electron chi connectivity index (χ4n) is 3.64. The smallest absolute Gasteiger partial charge is 0.317 e. The Hall–Kier alpha value is -1.59. The molecule has 6 nitrogen and oxygen atoms in total. The summed E-state index contributed by atoms with van der Waals surface area (Å²) in [6.07, 6.45) is 8.86. The van der Waals surface area contributed by atoms with E-state index in [-0.39, 0.29) is 11.9 Å². The molecule has 1 saturated heterocycles. The van der Waals surface area contributed by atoms with E-state index in [0.717, 1.165) is 56.9 Å². The highest BCUT2D eigenvalue weighted by Crippen LogP contribution is 2.28. The van der Waals surface area contributed by atoms with Crippen molar-refractivity contribution in [3.8, 4) is 0 Å². The second kappa shape index (κ2) is 7.99. The van der Waals surface area contributed by atoms with Crippen molar-refractivity contribution in [1.29, 1.82) is 0 Å². The number of nitrogens with zero attached hydrogens (tertiary/aromatic N) is 3. The van der Waals surface area contributed by atoms with Crippen LogP contribution in [0.25, 0.3) is 0 Å². The molecule has 6 heteroatoms. The van der Waals surface area contributed by atoms with Crippen LogP contribution in [0.2, 0.25) is 0 Å². The molecule has 0 bridgehead atoms. The van der Waals surface area contributed by atoms with E-state index in [1.807, 2.05) is 4.90 Å². The number of carbonyl (C=O) groups is 1. The van der Waals surface area contributed by atoms with Gasteiger partial charge in [0.1, 0.15) is 0 Å². The summed E-state index contributed by atoms with van der Waals surface area (Å²) in [6.45, 7) is 5.78. The summed E-state index contributed by atoms with van der Waals surface area (Å²) in [7, 11) is 0. The van der Waals surface area contributed by atoms with E-state index < -0.39 is 0 Å². The summed E-state index contributed by atoms with van der Waals surface area (Å²) < 4.78 is 5.46. The highest BCUT2D eigenvalue weighted by Gasteiger charge is 2.29. The minimum absolute atomic E-state index is 0.103. The molecule has 24 heavy (non-hydrogen) atoms. The average molecular weight is 334 g/mol. The molecule has 0 spiro atoms. The molecule has 1 N–H and O–H groups in total. The van der Waals surface area contributed by atoms with E-state index in [1.165, 1.54) is 19.3 Å². The predicted molar refractivity (Wildman–Crippen MR) is 92.0 cm³/mol. The number of amides is 2. The van der Waals surface area contributed by atoms with Gasteiger partial charge in [0.05, 0.1) is 0 Å². The first-order valence-corrected chi connectivity index (χ1v) is 9.56. The Morgan fingerprint density at radius 2 is 1.96 bits per heavy atom. The molecular formula is C18H30N4O2. The maximum atomic E-state index is 12.4. The fourth-order valence-corrected chi connectivity index (χ4v) is 3.64. The lowest BCUT2D eigenvalue weighted by molar-refractivity contribution is 0.169. The summed E-state index contributed by atoms with van der Waals surface area (Å²) in [4.78, 5) is 18.9. The van der Waals surface area contributed by atoms with Crippen LogP contribution in [0, 0.1) is 0 Å². The van der Waals surface area contributed by atoms with E-state index in [9.17, 15) is 4.79 Å². The van der Waals surface area contributed by atoms with E-state index in [2.05, 4.69) is 29.3 Å². The van der Waals surface area contributed by atoms with Crippen molar-refractivity contribution in [3.63, 3.8) is 0 Å². The number of urea groups is 1. The third-order valence-corrected chi connectivity index (χ3v) is 5.57. The third kappa shape index (κ3) is 4.08. The Labute approximate surface area is 144 Å². The number of aromatic nitrogens is 2. The molecule has 134 valence electrons. The van der Waals surface area contributed by atoms with Crippen LogP contribution >= 0.6 is 0 Å². The van der Waals surface area contributed by atoms with Gasteiger partial charge in [-0.2, -0.15) is 4.98 Å². The largest absolute Gasteiger partial charge is 0.339 e. The van der Waals surface area contributed by atoms with Crippen LogP contribution < -0.4 is 5.32 Å². The second-order valence-electron chi connectivity index (χ2n) is 7.35. The molecular weight excluding hydrogens is 304 g/mol. The van der Waals surface area contributed by atoms with Gasteiger partial charge in [-0.25, -0.2) is 4.79 Å². The van der Waals surface area contributed by atoms with Crippen LogP contribution in [-0.4, -0.2) is 40.2 Å². The first-order chi connectivity index (χ1) is 11.7. The Bertz CT molecular complexity index is 531. The molecule has 0 unspecified atom stereocenters. The number of nitrogens with one attached hydrogen (secondary N) is 1. The van der Waals surface area contributed by atoms with Crippen LogP contribution in [0.3, 0.4) is 0 Å². The molecule has 2 aliphatic rings.